The monoisotopic (exact) mass is 488 g/mol. The summed E-state index contributed by atoms with van der Waals surface area (Å²) in [5.74, 6) is 0.299. The van der Waals surface area contributed by atoms with E-state index in [4.69, 9.17) is 0 Å². The second-order valence-corrected chi connectivity index (χ2v) is 10.5. The lowest BCUT2D eigenvalue weighted by Gasteiger charge is -2.46. The second-order valence-electron chi connectivity index (χ2n) is 10.5. The summed E-state index contributed by atoms with van der Waals surface area (Å²) in [5, 5.41) is 66.3. The van der Waals surface area contributed by atoms with Gasteiger partial charge in [-0.1, -0.05) is 89.6 Å². The topological polar surface area (TPSA) is 121 Å². The fraction of sp³-hybridized carbons (Fsp3) is 0.586. The Morgan fingerprint density at radius 2 is 1.20 bits per heavy atom. The summed E-state index contributed by atoms with van der Waals surface area (Å²) in [6.07, 6.45) is -4.87. The van der Waals surface area contributed by atoms with Crippen LogP contribution in [0, 0.1) is 0 Å². The zero-order valence-corrected chi connectivity index (χ0v) is 21.7. The SMILES string of the molecule is CCCC(O)(Cc1ccccc1C(C)C)[C@@H](O)[C@@](O)(Cc1ccccc1C(C)C)[C@H](O)[C@@H](O)CO. The van der Waals surface area contributed by atoms with Crippen LogP contribution in [-0.4, -0.2) is 66.8 Å². The molecule has 0 amide bonds. The fourth-order valence-corrected chi connectivity index (χ4v) is 5.17. The van der Waals surface area contributed by atoms with Crippen molar-refractivity contribution >= 4 is 0 Å². The van der Waals surface area contributed by atoms with Crippen molar-refractivity contribution in [2.45, 2.75) is 102 Å². The van der Waals surface area contributed by atoms with Crippen LogP contribution < -0.4 is 0 Å². The lowest BCUT2D eigenvalue weighted by molar-refractivity contribution is -0.230. The van der Waals surface area contributed by atoms with Crippen molar-refractivity contribution in [1.82, 2.24) is 0 Å². The molecule has 0 aromatic heterocycles. The first-order chi connectivity index (χ1) is 16.4. The van der Waals surface area contributed by atoms with Gasteiger partial charge in [0.05, 0.1) is 12.2 Å². The molecule has 0 aliphatic rings. The maximum absolute atomic E-state index is 11.9. The highest BCUT2D eigenvalue weighted by molar-refractivity contribution is 5.34. The summed E-state index contributed by atoms with van der Waals surface area (Å²) >= 11 is 0. The van der Waals surface area contributed by atoms with Gasteiger partial charge in [-0.15, -0.1) is 0 Å². The van der Waals surface area contributed by atoms with Gasteiger partial charge in [-0.3, -0.25) is 0 Å². The maximum Gasteiger partial charge on any atom is 0.126 e. The molecule has 0 aliphatic carbocycles. The van der Waals surface area contributed by atoms with Gasteiger partial charge in [0.2, 0.25) is 0 Å². The molecular weight excluding hydrogens is 444 g/mol. The molecule has 2 aromatic carbocycles. The number of benzene rings is 2. The second kappa shape index (κ2) is 12.4. The normalized spacial score (nSPS) is 18.2. The van der Waals surface area contributed by atoms with Gasteiger partial charge in [0.25, 0.3) is 0 Å². The molecule has 0 fully saturated rings. The highest BCUT2D eigenvalue weighted by Gasteiger charge is 2.54. The molecule has 5 atom stereocenters. The van der Waals surface area contributed by atoms with E-state index in [0.717, 1.165) is 16.7 Å². The Morgan fingerprint density at radius 3 is 1.63 bits per heavy atom. The van der Waals surface area contributed by atoms with Crippen molar-refractivity contribution in [3.05, 3.63) is 70.8 Å². The zero-order chi connectivity index (χ0) is 26.4. The molecule has 6 N–H and O–H groups in total. The summed E-state index contributed by atoms with van der Waals surface area (Å²) in [7, 11) is 0. The van der Waals surface area contributed by atoms with Crippen molar-refractivity contribution in [3.8, 4) is 0 Å². The quantitative estimate of drug-likeness (QED) is 0.258. The van der Waals surface area contributed by atoms with Gasteiger partial charge in [-0.2, -0.15) is 0 Å². The minimum absolute atomic E-state index is 0.0619. The number of aliphatic hydroxyl groups excluding tert-OH is 4. The highest BCUT2D eigenvalue weighted by Crippen LogP contribution is 2.37. The summed E-state index contributed by atoms with van der Waals surface area (Å²) in [6.45, 7) is 9.18. The van der Waals surface area contributed by atoms with Crippen LogP contribution in [0.25, 0.3) is 0 Å². The van der Waals surface area contributed by atoms with Gasteiger partial charge in [-0.05, 0) is 40.5 Å². The predicted octanol–water partition coefficient (Wildman–Crippen LogP) is 3.06. The molecule has 0 bridgehead atoms. The Morgan fingerprint density at radius 1 is 0.743 bits per heavy atom. The van der Waals surface area contributed by atoms with Gasteiger partial charge in [-0.25, -0.2) is 0 Å². The molecule has 0 spiro atoms. The van der Waals surface area contributed by atoms with Gasteiger partial charge < -0.3 is 30.6 Å². The van der Waals surface area contributed by atoms with Crippen molar-refractivity contribution in [1.29, 1.82) is 0 Å². The molecule has 2 aromatic rings. The van der Waals surface area contributed by atoms with E-state index >= 15 is 0 Å². The van der Waals surface area contributed by atoms with E-state index in [1.807, 2.05) is 57.2 Å². The molecule has 6 nitrogen and oxygen atoms in total. The van der Waals surface area contributed by atoms with Gasteiger partial charge >= 0.3 is 0 Å². The Kier molecular flexibility index (Phi) is 10.5. The average Bonchev–Trinajstić information content (AvgIpc) is 2.82. The Balaban J connectivity index is 2.60. The van der Waals surface area contributed by atoms with E-state index in [-0.39, 0.29) is 31.1 Å². The van der Waals surface area contributed by atoms with Crippen molar-refractivity contribution < 1.29 is 30.6 Å². The lowest BCUT2D eigenvalue weighted by Crippen LogP contribution is -2.66. The van der Waals surface area contributed by atoms with Crippen LogP contribution in [0.2, 0.25) is 0 Å². The third kappa shape index (κ3) is 6.70. The van der Waals surface area contributed by atoms with E-state index in [2.05, 4.69) is 13.8 Å². The van der Waals surface area contributed by atoms with Gasteiger partial charge in [0, 0.05) is 12.8 Å². The van der Waals surface area contributed by atoms with Gasteiger partial charge in [0.1, 0.15) is 23.9 Å². The molecule has 2 rings (SSSR count). The van der Waals surface area contributed by atoms with Crippen molar-refractivity contribution in [2.75, 3.05) is 6.61 Å². The smallest absolute Gasteiger partial charge is 0.126 e. The van der Waals surface area contributed by atoms with E-state index < -0.39 is 36.1 Å². The van der Waals surface area contributed by atoms with Crippen LogP contribution in [0.1, 0.15) is 81.5 Å². The van der Waals surface area contributed by atoms with Crippen LogP contribution in [0.5, 0.6) is 0 Å². The first-order valence-electron chi connectivity index (χ1n) is 12.7. The van der Waals surface area contributed by atoms with Crippen molar-refractivity contribution in [3.63, 3.8) is 0 Å². The fourth-order valence-electron chi connectivity index (χ4n) is 5.17. The van der Waals surface area contributed by atoms with E-state index in [1.165, 1.54) is 0 Å². The Labute approximate surface area is 209 Å². The number of hydrogen-bond donors (Lipinski definition) is 6. The van der Waals surface area contributed by atoms with Crippen LogP contribution >= 0.6 is 0 Å². The summed E-state index contributed by atoms with van der Waals surface area (Å²) in [5.41, 5.74) is -0.637. The van der Waals surface area contributed by atoms with Crippen LogP contribution in [0.15, 0.2) is 48.5 Å². The minimum Gasteiger partial charge on any atom is -0.394 e. The third-order valence-electron chi connectivity index (χ3n) is 7.05. The van der Waals surface area contributed by atoms with E-state index in [9.17, 15) is 30.6 Å². The summed E-state index contributed by atoms with van der Waals surface area (Å²) in [4.78, 5) is 0. The Hall–Kier alpha value is -1.80. The number of hydrogen-bond acceptors (Lipinski definition) is 6. The van der Waals surface area contributed by atoms with E-state index in [1.54, 1.807) is 12.1 Å². The molecule has 0 saturated heterocycles. The maximum atomic E-state index is 11.9. The predicted molar refractivity (Wildman–Crippen MR) is 138 cm³/mol. The number of aliphatic hydroxyl groups is 6. The molecule has 35 heavy (non-hydrogen) atoms. The molecule has 1 unspecified atom stereocenters. The van der Waals surface area contributed by atoms with Crippen LogP contribution in [0.3, 0.4) is 0 Å². The Bertz CT molecular complexity index is 929. The first kappa shape index (κ1) is 29.4. The molecule has 6 heteroatoms. The van der Waals surface area contributed by atoms with Crippen LogP contribution in [-0.2, 0) is 12.8 Å². The number of rotatable bonds is 13. The molecule has 0 saturated carbocycles. The largest absolute Gasteiger partial charge is 0.394 e. The third-order valence-corrected chi connectivity index (χ3v) is 7.05. The van der Waals surface area contributed by atoms with Crippen LogP contribution in [0.4, 0.5) is 0 Å². The van der Waals surface area contributed by atoms with Gasteiger partial charge in [0.15, 0.2) is 0 Å². The van der Waals surface area contributed by atoms with Crippen molar-refractivity contribution in [2.24, 2.45) is 0 Å². The van der Waals surface area contributed by atoms with E-state index in [0.29, 0.717) is 12.0 Å². The molecule has 0 aliphatic heterocycles. The highest BCUT2D eigenvalue weighted by atomic mass is 16.4. The molecular formula is C29H44O6. The molecule has 196 valence electrons. The average molecular weight is 489 g/mol. The standard InChI is InChI=1S/C29H44O6/c1-6-15-28(34,16-21-11-7-9-13-23(21)19(2)3)27(33)29(35,26(32)25(31)18-30)17-22-12-8-10-14-24(22)20(4)5/h7-14,19-20,25-27,30-35H,6,15-18H2,1-5H3/t25-,26+,27+,28?,29+/m0/s1. The lowest BCUT2D eigenvalue weighted by atomic mass is 9.70. The summed E-state index contributed by atoms with van der Waals surface area (Å²) in [6, 6.07) is 15.1. The summed E-state index contributed by atoms with van der Waals surface area (Å²) < 4.78 is 0. The molecule has 0 radical (unpaired) electrons. The molecule has 0 heterocycles. The zero-order valence-electron chi connectivity index (χ0n) is 21.7. The minimum atomic E-state index is -2.33. The first-order valence-corrected chi connectivity index (χ1v) is 12.7.